The molecule has 0 saturated carbocycles. The summed E-state index contributed by atoms with van der Waals surface area (Å²) in [6, 6.07) is 6.62. The Morgan fingerprint density at radius 2 is 2.00 bits per heavy atom. The van der Waals surface area contributed by atoms with E-state index in [1.807, 2.05) is 0 Å². The van der Waals surface area contributed by atoms with Crippen molar-refractivity contribution in [1.29, 1.82) is 0 Å². The molecule has 0 radical (unpaired) electrons. The van der Waals surface area contributed by atoms with E-state index in [2.05, 4.69) is 49.0 Å². The van der Waals surface area contributed by atoms with Crippen LogP contribution in [0.25, 0.3) is 0 Å². The molecule has 3 nitrogen and oxygen atoms in total. The van der Waals surface area contributed by atoms with Crippen LogP contribution in [-0.4, -0.2) is 43.5 Å². The van der Waals surface area contributed by atoms with Gasteiger partial charge in [0.25, 0.3) is 0 Å². The van der Waals surface area contributed by atoms with Gasteiger partial charge in [-0.2, -0.15) is 0 Å². The van der Waals surface area contributed by atoms with Gasteiger partial charge in [0.2, 0.25) is 0 Å². The minimum atomic E-state index is 0.631. The molecule has 2 N–H and O–H groups in total. The second-order valence-corrected chi connectivity index (χ2v) is 6.41. The molecule has 0 spiro atoms. The van der Waals surface area contributed by atoms with Crippen LogP contribution in [0.4, 0.5) is 0 Å². The molecular weight excluding hydrogens is 246 g/mol. The Bertz CT molecular complexity index is 422. The van der Waals surface area contributed by atoms with Crippen molar-refractivity contribution in [3.05, 3.63) is 34.9 Å². The summed E-state index contributed by atoms with van der Waals surface area (Å²) in [7, 11) is 4.47. The van der Waals surface area contributed by atoms with Gasteiger partial charge < -0.3 is 15.5 Å². The lowest BCUT2D eigenvalue weighted by molar-refractivity contribution is 0.173. The smallest absolute Gasteiger partial charge is 0.0233 e. The Kier molecular flexibility index (Phi) is 5.58. The van der Waals surface area contributed by atoms with Gasteiger partial charge in [-0.05, 0) is 69.6 Å². The Morgan fingerprint density at radius 3 is 2.60 bits per heavy atom. The van der Waals surface area contributed by atoms with E-state index in [0.717, 1.165) is 12.5 Å². The van der Waals surface area contributed by atoms with Crippen LogP contribution in [0.5, 0.6) is 0 Å². The van der Waals surface area contributed by atoms with Crippen LogP contribution in [0.1, 0.15) is 29.5 Å². The van der Waals surface area contributed by atoms with E-state index < -0.39 is 0 Å². The quantitative estimate of drug-likeness (QED) is 0.894. The van der Waals surface area contributed by atoms with Crippen molar-refractivity contribution in [1.82, 2.24) is 9.80 Å². The highest BCUT2D eigenvalue weighted by atomic mass is 15.1. The van der Waals surface area contributed by atoms with E-state index >= 15 is 0 Å². The monoisotopic (exact) mass is 275 g/mol. The highest BCUT2D eigenvalue weighted by Crippen LogP contribution is 2.19. The maximum absolute atomic E-state index is 5.69. The van der Waals surface area contributed by atoms with Crippen molar-refractivity contribution < 1.29 is 0 Å². The summed E-state index contributed by atoms with van der Waals surface area (Å²) < 4.78 is 0. The highest BCUT2D eigenvalue weighted by molar-refractivity contribution is 5.30. The summed E-state index contributed by atoms with van der Waals surface area (Å²) in [5.74, 6) is 0.861. The minimum Gasteiger partial charge on any atom is -0.326 e. The van der Waals surface area contributed by atoms with Gasteiger partial charge in [0.05, 0.1) is 0 Å². The molecule has 20 heavy (non-hydrogen) atoms. The van der Waals surface area contributed by atoms with E-state index in [1.165, 1.54) is 49.2 Å². The Hall–Kier alpha value is -0.900. The van der Waals surface area contributed by atoms with E-state index in [0.29, 0.717) is 6.54 Å². The second-order valence-electron chi connectivity index (χ2n) is 6.41. The van der Waals surface area contributed by atoms with E-state index in [-0.39, 0.29) is 0 Å². The van der Waals surface area contributed by atoms with Gasteiger partial charge in [-0.25, -0.2) is 0 Å². The van der Waals surface area contributed by atoms with Crippen LogP contribution in [0.2, 0.25) is 0 Å². The number of rotatable bonds is 5. The van der Waals surface area contributed by atoms with Gasteiger partial charge in [-0.3, -0.25) is 0 Å². The van der Waals surface area contributed by atoms with E-state index in [4.69, 9.17) is 5.73 Å². The molecular formula is C17H29N3. The lowest BCUT2D eigenvalue weighted by Crippen LogP contribution is -2.35. The molecule has 1 aromatic rings. The van der Waals surface area contributed by atoms with Gasteiger partial charge in [-0.15, -0.1) is 0 Å². The Morgan fingerprint density at radius 1 is 1.30 bits per heavy atom. The molecule has 0 bridgehead atoms. The topological polar surface area (TPSA) is 32.5 Å². The number of aryl methyl sites for hydroxylation is 1. The third-order valence-electron chi connectivity index (χ3n) is 4.49. The summed E-state index contributed by atoms with van der Waals surface area (Å²) in [5.41, 5.74) is 9.71. The van der Waals surface area contributed by atoms with Crippen LogP contribution in [0.15, 0.2) is 18.2 Å². The standard InChI is InChI=1S/C17H29N3/c1-14-10-16(11-18)4-5-17(14)13-20(3)12-15-6-8-19(2)9-7-15/h4-5,10,15H,6-9,11-13,18H2,1-3H3. The molecule has 112 valence electrons. The number of hydrogen-bond donors (Lipinski definition) is 1. The number of likely N-dealkylation sites (tertiary alicyclic amines) is 1. The minimum absolute atomic E-state index is 0.631. The summed E-state index contributed by atoms with van der Waals surface area (Å²) >= 11 is 0. The molecule has 1 aliphatic heterocycles. The molecule has 2 rings (SSSR count). The number of benzene rings is 1. The first-order chi connectivity index (χ1) is 9.58. The zero-order chi connectivity index (χ0) is 14.5. The molecule has 0 unspecified atom stereocenters. The first-order valence-electron chi connectivity index (χ1n) is 7.74. The Labute approximate surface area is 123 Å². The van der Waals surface area contributed by atoms with Crippen LogP contribution < -0.4 is 5.73 Å². The number of nitrogens with zero attached hydrogens (tertiary/aromatic N) is 2. The van der Waals surface area contributed by atoms with Crippen molar-refractivity contribution in [2.24, 2.45) is 11.7 Å². The number of piperidine rings is 1. The average Bonchev–Trinajstić information content (AvgIpc) is 2.43. The maximum Gasteiger partial charge on any atom is 0.0233 e. The van der Waals surface area contributed by atoms with Crippen LogP contribution >= 0.6 is 0 Å². The fourth-order valence-corrected chi connectivity index (χ4v) is 3.10. The Balaban J connectivity index is 1.86. The lowest BCUT2D eigenvalue weighted by atomic mass is 9.96. The van der Waals surface area contributed by atoms with Crippen molar-refractivity contribution >= 4 is 0 Å². The molecule has 0 aliphatic carbocycles. The maximum atomic E-state index is 5.69. The van der Waals surface area contributed by atoms with Crippen LogP contribution in [0, 0.1) is 12.8 Å². The molecule has 3 heteroatoms. The fraction of sp³-hybridized carbons (Fsp3) is 0.647. The number of hydrogen-bond acceptors (Lipinski definition) is 3. The second kappa shape index (κ2) is 7.21. The zero-order valence-corrected chi connectivity index (χ0v) is 13.2. The fourth-order valence-electron chi connectivity index (χ4n) is 3.10. The normalized spacial score (nSPS) is 17.9. The van der Waals surface area contributed by atoms with Crippen LogP contribution in [-0.2, 0) is 13.1 Å². The van der Waals surface area contributed by atoms with Crippen molar-refractivity contribution in [2.75, 3.05) is 33.7 Å². The van der Waals surface area contributed by atoms with Crippen molar-refractivity contribution in [3.8, 4) is 0 Å². The van der Waals surface area contributed by atoms with Gasteiger partial charge in [-0.1, -0.05) is 18.2 Å². The van der Waals surface area contributed by atoms with E-state index in [9.17, 15) is 0 Å². The molecule has 1 saturated heterocycles. The molecule has 0 aromatic heterocycles. The first kappa shape index (κ1) is 15.5. The van der Waals surface area contributed by atoms with Crippen molar-refractivity contribution in [3.63, 3.8) is 0 Å². The SMILES string of the molecule is Cc1cc(CN)ccc1CN(C)CC1CCN(C)CC1. The summed E-state index contributed by atoms with van der Waals surface area (Å²) in [6.45, 7) is 7.59. The summed E-state index contributed by atoms with van der Waals surface area (Å²) in [6.07, 6.45) is 2.68. The van der Waals surface area contributed by atoms with Gasteiger partial charge in [0, 0.05) is 19.6 Å². The highest BCUT2D eigenvalue weighted by Gasteiger charge is 2.18. The summed E-state index contributed by atoms with van der Waals surface area (Å²) in [4.78, 5) is 4.91. The van der Waals surface area contributed by atoms with Gasteiger partial charge >= 0.3 is 0 Å². The molecule has 1 heterocycles. The molecule has 1 aliphatic rings. The number of nitrogens with two attached hydrogens (primary N) is 1. The largest absolute Gasteiger partial charge is 0.326 e. The van der Waals surface area contributed by atoms with Gasteiger partial charge in [0.1, 0.15) is 0 Å². The zero-order valence-electron chi connectivity index (χ0n) is 13.2. The molecule has 0 atom stereocenters. The van der Waals surface area contributed by atoms with Gasteiger partial charge in [0.15, 0.2) is 0 Å². The molecule has 1 aromatic carbocycles. The summed E-state index contributed by atoms with van der Waals surface area (Å²) in [5, 5.41) is 0. The molecule has 1 fully saturated rings. The third kappa shape index (κ3) is 4.30. The predicted molar refractivity (Wildman–Crippen MR) is 85.6 cm³/mol. The van der Waals surface area contributed by atoms with Crippen molar-refractivity contribution in [2.45, 2.75) is 32.9 Å². The predicted octanol–water partition coefficient (Wildman–Crippen LogP) is 2.23. The first-order valence-corrected chi connectivity index (χ1v) is 7.74. The average molecular weight is 275 g/mol. The van der Waals surface area contributed by atoms with Crippen LogP contribution in [0.3, 0.4) is 0 Å². The lowest BCUT2D eigenvalue weighted by Gasteiger charge is -2.31. The van der Waals surface area contributed by atoms with E-state index in [1.54, 1.807) is 0 Å². The third-order valence-corrected chi connectivity index (χ3v) is 4.49. The molecule has 0 amide bonds.